The van der Waals surface area contributed by atoms with Crippen LogP contribution >= 0.6 is 0 Å². The third-order valence-corrected chi connectivity index (χ3v) is 4.60. The molecule has 1 aliphatic rings. The molecule has 2 aromatic heterocycles. The number of carbonyl (C=O) groups is 2. The molecular weight excluding hydrogens is 342 g/mol. The molecule has 7 nitrogen and oxygen atoms in total. The van der Waals surface area contributed by atoms with Crippen LogP contribution in [-0.4, -0.2) is 59.4 Å². The van der Waals surface area contributed by atoms with Crippen LogP contribution in [0, 0.1) is 0 Å². The van der Waals surface area contributed by atoms with Crippen LogP contribution in [0.1, 0.15) is 40.5 Å². The zero-order valence-corrected chi connectivity index (χ0v) is 15.6. The molecule has 1 saturated heterocycles. The summed E-state index contributed by atoms with van der Waals surface area (Å²) < 4.78 is 0. The number of aromatic nitrogens is 2. The van der Waals surface area contributed by atoms with E-state index in [2.05, 4.69) is 27.1 Å². The number of anilines is 1. The number of pyridine rings is 2. The minimum atomic E-state index is -0.189. The molecule has 2 aromatic rings. The van der Waals surface area contributed by atoms with E-state index in [1.165, 1.54) is 12.4 Å². The summed E-state index contributed by atoms with van der Waals surface area (Å²) in [7, 11) is 0. The molecule has 0 saturated carbocycles. The Morgan fingerprint density at radius 3 is 2.59 bits per heavy atom. The summed E-state index contributed by atoms with van der Waals surface area (Å²) >= 11 is 0. The Hall–Kier alpha value is -2.96. The van der Waals surface area contributed by atoms with Gasteiger partial charge in [0.25, 0.3) is 11.8 Å². The number of hydrogen-bond acceptors (Lipinski definition) is 5. The summed E-state index contributed by atoms with van der Waals surface area (Å²) in [5.41, 5.74) is 0.869. The van der Waals surface area contributed by atoms with Crippen molar-refractivity contribution in [3.05, 3.63) is 54.0 Å². The van der Waals surface area contributed by atoms with E-state index in [0.29, 0.717) is 30.8 Å². The minimum Gasteiger partial charge on any atom is -0.353 e. The van der Waals surface area contributed by atoms with Crippen LogP contribution in [0.15, 0.2) is 42.9 Å². The van der Waals surface area contributed by atoms with Gasteiger partial charge in [-0.15, -0.1) is 0 Å². The lowest BCUT2D eigenvalue weighted by Crippen LogP contribution is -2.49. The number of carbonyl (C=O) groups excluding carboxylic acids is 2. The quantitative estimate of drug-likeness (QED) is 0.790. The molecule has 1 fully saturated rings. The second kappa shape index (κ2) is 9.12. The average Bonchev–Trinajstić information content (AvgIpc) is 2.74. The molecule has 142 valence electrons. The number of amides is 2. The molecule has 0 unspecified atom stereocenters. The van der Waals surface area contributed by atoms with E-state index in [0.717, 1.165) is 31.7 Å². The SMILES string of the molecule is CCCCNC(=O)c1cncc(C(=O)N2CCN(c3ccccn3)CC2)c1. The van der Waals surface area contributed by atoms with Gasteiger partial charge in [-0.3, -0.25) is 14.6 Å². The van der Waals surface area contributed by atoms with Gasteiger partial charge in [0.2, 0.25) is 0 Å². The molecule has 0 aromatic carbocycles. The van der Waals surface area contributed by atoms with Gasteiger partial charge in [0.05, 0.1) is 11.1 Å². The Kier molecular flexibility index (Phi) is 6.35. The van der Waals surface area contributed by atoms with E-state index in [1.807, 2.05) is 18.2 Å². The van der Waals surface area contributed by atoms with E-state index in [4.69, 9.17) is 0 Å². The van der Waals surface area contributed by atoms with Crippen molar-refractivity contribution in [3.8, 4) is 0 Å². The maximum absolute atomic E-state index is 12.8. The fourth-order valence-electron chi connectivity index (χ4n) is 3.02. The lowest BCUT2D eigenvalue weighted by Gasteiger charge is -2.35. The monoisotopic (exact) mass is 367 g/mol. The Balaban J connectivity index is 1.60. The lowest BCUT2D eigenvalue weighted by atomic mass is 10.1. The first kappa shape index (κ1) is 18.8. The summed E-state index contributed by atoms with van der Waals surface area (Å²) in [6, 6.07) is 7.45. The van der Waals surface area contributed by atoms with Crippen LogP contribution < -0.4 is 10.2 Å². The van der Waals surface area contributed by atoms with Gasteiger partial charge < -0.3 is 15.1 Å². The van der Waals surface area contributed by atoms with E-state index in [9.17, 15) is 9.59 Å². The molecule has 0 aliphatic carbocycles. The predicted octanol–water partition coefficient (Wildman–Crippen LogP) is 1.97. The van der Waals surface area contributed by atoms with Gasteiger partial charge in [0, 0.05) is 51.3 Å². The minimum absolute atomic E-state index is 0.0913. The van der Waals surface area contributed by atoms with Gasteiger partial charge in [-0.2, -0.15) is 0 Å². The summed E-state index contributed by atoms with van der Waals surface area (Å²) in [6.45, 7) is 5.38. The molecule has 1 aliphatic heterocycles. The van der Waals surface area contributed by atoms with Gasteiger partial charge >= 0.3 is 0 Å². The summed E-state index contributed by atoms with van der Waals surface area (Å²) in [4.78, 5) is 37.4. The number of rotatable bonds is 6. The Labute approximate surface area is 159 Å². The number of nitrogens with zero attached hydrogens (tertiary/aromatic N) is 4. The highest BCUT2D eigenvalue weighted by atomic mass is 16.2. The average molecular weight is 367 g/mol. The molecule has 3 heterocycles. The van der Waals surface area contributed by atoms with Crippen molar-refractivity contribution in [2.45, 2.75) is 19.8 Å². The first-order valence-electron chi connectivity index (χ1n) is 9.37. The van der Waals surface area contributed by atoms with Crippen molar-refractivity contribution in [1.82, 2.24) is 20.2 Å². The maximum Gasteiger partial charge on any atom is 0.255 e. The topological polar surface area (TPSA) is 78.4 Å². The van der Waals surface area contributed by atoms with Gasteiger partial charge in [0.1, 0.15) is 5.82 Å². The highest BCUT2D eigenvalue weighted by molar-refractivity contribution is 5.99. The molecule has 0 bridgehead atoms. The van der Waals surface area contributed by atoms with Crippen molar-refractivity contribution >= 4 is 17.6 Å². The van der Waals surface area contributed by atoms with Crippen LogP contribution in [0.3, 0.4) is 0 Å². The fraction of sp³-hybridized carbons (Fsp3) is 0.400. The van der Waals surface area contributed by atoms with Crippen molar-refractivity contribution in [2.75, 3.05) is 37.6 Å². The largest absolute Gasteiger partial charge is 0.353 e. The Morgan fingerprint density at radius 1 is 1.11 bits per heavy atom. The lowest BCUT2D eigenvalue weighted by molar-refractivity contribution is 0.0746. The van der Waals surface area contributed by atoms with E-state index in [-0.39, 0.29) is 11.8 Å². The smallest absolute Gasteiger partial charge is 0.255 e. The number of nitrogens with one attached hydrogen (secondary N) is 1. The van der Waals surface area contributed by atoms with Crippen molar-refractivity contribution < 1.29 is 9.59 Å². The summed E-state index contributed by atoms with van der Waals surface area (Å²) in [5.74, 6) is 0.647. The number of piperazine rings is 1. The van der Waals surface area contributed by atoms with Crippen LogP contribution in [0.4, 0.5) is 5.82 Å². The molecule has 0 atom stereocenters. The van der Waals surface area contributed by atoms with Gasteiger partial charge in [-0.25, -0.2) is 4.98 Å². The van der Waals surface area contributed by atoms with E-state index >= 15 is 0 Å². The van der Waals surface area contributed by atoms with Crippen LogP contribution in [0.5, 0.6) is 0 Å². The second-order valence-electron chi connectivity index (χ2n) is 6.54. The van der Waals surface area contributed by atoms with Crippen molar-refractivity contribution in [1.29, 1.82) is 0 Å². The van der Waals surface area contributed by atoms with Crippen LogP contribution in [0.25, 0.3) is 0 Å². The van der Waals surface area contributed by atoms with Gasteiger partial charge in [-0.05, 0) is 24.6 Å². The highest BCUT2D eigenvalue weighted by Gasteiger charge is 2.23. The molecule has 2 amide bonds. The van der Waals surface area contributed by atoms with Crippen molar-refractivity contribution in [3.63, 3.8) is 0 Å². The first-order chi connectivity index (χ1) is 13.2. The predicted molar refractivity (Wildman–Crippen MR) is 104 cm³/mol. The fourth-order valence-corrected chi connectivity index (χ4v) is 3.02. The molecule has 0 spiro atoms. The van der Waals surface area contributed by atoms with E-state index < -0.39 is 0 Å². The number of unbranched alkanes of at least 4 members (excludes halogenated alkanes) is 1. The second-order valence-corrected chi connectivity index (χ2v) is 6.54. The highest BCUT2D eigenvalue weighted by Crippen LogP contribution is 2.15. The molecular formula is C20H25N5O2. The van der Waals surface area contributed by atoms with Gasteiger partial charge in [-0.1, -0.05) is 19.4 Å². The molecule has 7 heteroatoms. The molecule has 1 N–H and O–H groups in total. The number of hydrogen-bond donors (Lipinski definition) is 1. The van der Waals surface area contributed by atoms with Crippen LogP contribution in [-0.2, 0) is 0 Å². The third-order valence-electron chi connectivity index (χ3n) is 4.60. The third kappa shape index (κ3) is 4.81. The molecule has 27 heavy (non-hydrogen) atoms. The summed E-state index contributed by atoms with van der Waals surface area (Å²) in [6.07, 6.45) is 6.74. The van der Waals surface area contributed by atoms with E-state index in [1.54, 1.807) is 17.2 Å². The zero-order chi connectivity index (χ0) is 19.1. The summed E-state index contributed by atoms with van der Waals surface area (Å²) in [5, 5.41) is 2.85. The maximum atomic E-state index is 12.8. The molecule has 3 rings (SSSR count). The van der Waals surface area contributed by atoms with Crippen LogP contribution in [0.2, 0.25) is 0 Å². The normalized spacial score (nSPS) is 14.1. The van der Waals surface area contributed by atoms with Gasteiger partial charge in [0.15, 0.2) is 0 Å². The van der Waals surface area contributed by atoms with Crippen molar-refractivity contribution in [2.24, 2.45) is 0 Å². The zero-order valence-electron chi connectivity index (χ0n) is 15.6. The Morgan fingerprint density at radius 2 is 1.89 bits per heavy atom. The molecule has 0 radical (unpaired) electrons. The Bertz CT molecular complexity index is 773. The standard InChI is InChI=1S/C20H25N5O2/c1-2-3-7-23-19(26)16-13-17(15-21-14-16)20(27)25-11-9-24(10-12-25)18-6-4-5-8-22-18/h4-6,8,13-15H,2-3,7,9-12H2,1H3,(H,23,26). The first-order valence-corrected chi connectivity index (χ1v) is 9.37.